The predicted octanol–water partition coefficient (Wildman–Crippen LogP) is -1.05. The van der Waals surface area contributed by atoms with Crippen molar-refractivity contribution in [2.24, 2.45) is 25.9 Å². The first-order valence-corrected chi connectivity index (χ1v) is 7.83. The summed E-state index contributed by atoms with van der Waals surface area (Å²) in [6, 6.07) is 0. The second-order valence-electron chi connectivity index (χ2n) is 6.85. The third-order valence-corrected chi connectivity index (χ3v) is 4.69. The van der Waals surface area contributed by atoms with E-state index in [-0.39, 0.29) is 11.2 Å². The number of piperidine rings is 1. The van der Waals surface area contributed by atoms with E-state index in [0.717, 1.165) is 24.3 Å². The molecule has 0 aromatic carbocycles. The lowest BCUT2D eigenvalue weighted by atomic mass is 9.92. The van der Waals surface area contributed by atoms with Gasteiger partial charge in [0.15, 0.2) is 17.8 Å². The minimum absolute atomic E-state index is 0.270. The lowest BCUT2D eigenvalue weighted by molar-refractivity contribution is -0.934. The molecule has 3 rings (SSSR count). The maximum atomic E-state index is 12.4. The van der Waals surface area contributed by atoms with E-state index in [1.165, 1.54) is 22.9 Å². The van der Waals surface area contributed by atoms with Gasteiger partial charge < -0.3 is 4.90 Å². The summed E-state index contributed by atoms with van der Waals surface area (Å²) in [6.45, 7) is 7.50. The Morgan fingerprint density at radius 3 is 2.45 bits per heavy atom. The monoisotopic (exact) mass is 306 g/mol. The topological polar surface area (TPSA) is 66.3 Å². The van der Waals surface area contributed by atoms with Crippen molar-refractivity contribution < 1.29 is 4.90 Å². The summed E-state index contributed by atoms with van der Waals surface area (Å²) in [4.78, 5) is 30.1. The van der Waals surface area contributed by atoms with E-state index in [1.807, 2.05) is 4.57 Å². The van der Waals surface area contributed by atoms with E-state index in [1.54, 1.807) is 13.4 Å². The minimum atomic E-state index is -0.338. The van der Waals surface area contributed by atoms with Gasteiger partial charge in [-0.25, -0.2) is 9.78 Å². The number of hydrogen-bond donors (Lipinski definition) is 1. The zero-order valence-corrected chi connectivity index (χ0v) is 13.7. The molecule has 2 aromatic rings. The Labute approximate surface area is 128 Å². The molecule has 1 aliphatic heterocycles. The van der Waals surface area contributed by atoms with Gasteiger partial charge in [-0.05, 0) is 6.42 Å². The molecule has 2 atom stereocenters. The molecular formula is C15H24N5O2+. The van der Waals surface area contributed by atoms with Gasteiger partial charge in [0.1, 0.15) is 6.33 Å². The molecule has 1 N–H and O–H groups in total. The van der Waals surface area contributed by atoms with E-state index < -0.39 is 0 Å². The highest BCUT2D eigenvalue weighted by molar-refractivity contribution is 5.69. The first-order chi connectivity index (χ1) is 10.4. The zero-order valence-electron chi connectivity index (χ0n) is 13.7. The number of fused-ring (bicyclic) bond motifs is 1. The number of quaternary nitrogens is 1. The third kappa shape index (κ3) is 2.39. The maximum absolute atomic E-state index is 12.4. The van der Waals surface area contributed by atoms with Gasteiger partial charge in [0.2, 0.25) is 0 Å². The number of imidazole rings is 1. The highest BCUT2D eigenvalue weighted by atomic mass is 16.2. The Morgan fingerprint density at radius 2 is 1.82 bits per heavy atom. The Bertz CT molecular complexity index is 806. The lowest BCUT2D eigenvalue weighted by Crippen LogP contribution is -3.13. The van der Waals surface area contributed by atoms with E-state index in [2.05, 4.69) is 18.8 Å². The fourth-order valence-electron chi connectivity index (χ4n) is 3.81. The van der Waals surface area contributed by atoms with Crippen LogP contribution in [0, 0.1) is 11.8 Å². The van der Waals surface area contributed by atoms with Crippen molar-refractivity contribution in [3.63, 3.8) is 0 Å². The standard InChI is InChI=1S/C15H23N5O2/c1-10-5-11(2)7-19(6-10)9-20-8-16-13-12(20)14(21)18(4)15(22)17(13)3/h8,10-11H,5-7,9H2,1-4H3/p+1/t10-,11-/m0/s1. The van der Waals surface area contributed by atoms with Crippen LogP contribution < -0.4 is 16.1 Å². The molecule has 0 saturated carbocycles. The van der Waals surface area contributed by atoms with Crippen LogP contribution >= 0.6 is 0 Å². The van der Waals surface area contributed by atoms with Crippen molar-refractivity contribution in [3.05, 3.63) is 27.2 Å². The van der Waals surface area contributed by atoms with Gasteiger partial charge in [0.05, 0.1) is 13.1 Å². The molecule has 1 aliphatic rings. The fourth-order valence-corrected chi connectivity index (χ4v) is 3.81. The first-order valence-electron chi connectivity index (χ1n) is 7.83. The normalized spacial score (nSPS) is 25.7. The summed E-state index contributed by atoms with van der Waals surface area (Å²) in [6.07, 6.45) is 2.95. The SMILES string of the molecule is C[C@H]1C[C@H](C)C[NH+](Cn2cnc3c2c(=O)n(C)c(=O)n3C)C1. The van der Waals surface area contributed by atoms with Crippen LogP contribution in [-0.2, 0) is 20.8 Å². The second-order valence-corrected chi connectivity index (χ2v) is 6.85. The lowest BCUT2D eigenvalue weighted by Gasteiger charge is -2.32. The van der Waals surface area contributed by atoms with Crippen molar-refractivity contribution in [2.75, 3.05) is 13.1 Å². The molecule has 0 aliphatic carbocycles. The summed E-state index contributed by atoms with van der Waals surface area (Å²) >= 11 is 0. The van der Waals surface area contributed by atoms with Crippen LogP contribution in [-0.4, -0.2) is 31.8 Å². The number of hydrogen-bond acceptors (Lipinski definition) is 3. The van der Waals surface area contributed by atoms with Crippen LogP contribution in [0.3, 0.4) is 0 Å². The van der Waals surface area contributed by atoms with Gasteiger partial charge in [-0.2, -0.15) is 0 Å². The molecule has 0 bridgehead atoms. The van der Waals surface area contributed by atoms with Crippen molar-refractivity contribution in [1.82, 2.24) is 18.7 Å². The largest absolute Gasteiger partial charge is 0.332 e. The number of aryl methyl sites for hydroxylation is 1. The van der Waals surface area contributed by atoms with Crippen LogP contribution in [0.25, 0.3) is 11.2 Å². The molecule has 2 aromatic heterocycles. The second kappa shape index (κ2) is 5.39. The van der Waals surface area contributed by atoms with Gasteiger partial charge in [-0.15, -0.1) is 0 Å². The summed E-state index contributed by atoms with van der Waals surface area (Å²) in [7, 11) is 3.17. The van der Waals surface area contributed by atoms with E-state index in [4.69, 9.17) is 0 Å². The summed E-state index contributed by atoms with van der Waals surface area (Å²) in [5, 5.41) is 0. The Balaban J connectivity index is 2.02. The smallest absolute Gasteiger partial charge is 0.317 e. The molecular weight excluding hydrogens is 282 g/mol. The molecule has 120 valence electrons. The van der Waals surface area contributed by atoms with E-state index in [0.29, 0.717) is 23.0 Å². The number of nitrogens with zero attached hydrogens (tertiary/aromatic N) is 4. The molecule has 0 unspecified atom stereocenters. The molecule has 7 heteroatoms. The van der Waals surface area contributed by atoms with Crippen LogP contribution in [0.4, 0.5) is 0 Å². The number of likely N-dealkylation sites (tertiary alicyclic amines) is 1. The highest BCUT2D eigenvalue weighted by Crippen LogP contribution is 2.12. The average Bonchev–Trinajstić information content (AvgIpc) is 2.85. The Hall–Kier alpha value is -1.89. The summed E-state index contributed by atoms with van der Waals surface area (Å²) in [5.41, 5.74) is 0.372. The molecule has 0 radical (unpaired) electrons. The van der Waals surface area contributed by atoms with E-state index in [9.17, 15) is 9.59 Å². The Morgan fingerprint density at radius 1 is 1.18 bits per heavy atom. The van der Waals surface area contributed by atoms with E-state index >= 15 is 0 Å². The maximum Gasteiger partial charge on any atom is 0.332 e. The zero-order chi connectivity index (χ0) is 16.0. The number of rotatable bonds is 2. The number of nitrogens with one attached hydrogen (secondary N) is 1. The van der Waals surface area contributed by atoms with Crippen molar-refractivity contribution in [3.8, 4) is 0 Å². The molecule has 0 spiro atoms. The molecule has 0 amide bonds. The average molecular weight is 306 g/mol. The molecule has 1 saturated heterocycles. The molecule has 3 heterocycles. The fraction of sp³-hybridized carbons (Fsp3) is 0.667. The van der Waals surface area contributed by atoms with Gasteiger partial charge in [-0.1, -0.05) is 13.8 Å². The van der Waals surface area contributed by atoms with Crippen LogP contribution in [0.1, 0.15) is 20.3 Å². The predicted molar refractivity (Wildman–Crippen MR) is 83.9 cm³/mol. The van der Waals surface area contributed by atoms with Crippen LogP contribution in [0.15, 0.2) is 15.9 Å². The first kappa shape index (κ1) is 15.0. The molecule has 1 fully saturated rings. The van der Waals surface area contributed by atoms with Crippen LogP contribution in [0.5, 0.6) is 0 Å². The quantitative estimate of drug-likeness (QED) is 0.770. The van der Waals surface area contributed by atoms with Gasteiger partial charge in [-0.3, -0.25) is 18.5 Å². The van der Waals surface area contributed by atoms with Gasteiger partial charge in [0.25, 0.3) is 5.56 Å². The van der Waals surface area contributed by atoms with Crippen molar-refractivity contribution >= 4 is 11.2 Å². The van der Waals surface area contributed by atoms with Crippen LogP contribution in [0.2, 0.25) is 0 Å². The highest BCUT2D eigenvalue weighted by Gasteiger charge is 2.26. The third-order valence-electron chi connectivity index (χ3n) is 4.69. The molecule has 22 heavy (non-hydrogen) atoms. The van der Waals surface area contributed by atoms with Gasteiger partial charge >= 0.3 is 5.69 Å². The van der Waals surface area contributed by atoms with Crippen molar-refractivity contribution in [1.29, 1.82) is 0 Å². The number of aromatic nitrogens is 4. The molecule has 7 nitrogen and oxygen atoms in total. The summed E-state index contributed by atoms with van der Waals surface area (Å²) in [5.74, 6) is 1.39. The van der Waals surface area contributed by atoms with Crippen molar-refractivity contribution in [2.45, 2.75) is 26.9 Å². The Kier molecular flexibility index (Phi) is 3.68. The summed E-state index contributed by atoms with van der Waals surface area (Å²) < 4.78 is 4.48. The van der Waals surface area contributed by atoms with Gasteiger partial charge in [0, 0.05) is 25.9 Å². The minimum Gasteiger partial charge on any atom is -0.317 e.